The highest BCUT2D eigenvalue weighted by atomic mass is 16.5. The number of hydrogen-bond acceptors (Lipinski definition) is 4. The van der Waals surface area contributed by atoms with Crippen molar-refractivity contribution in [2.24, 2.45) is 16.8 Å². The van der Waals surface area contributed by atoms with Crippen molar-refractivity contribution in [2.75, 3.05) is 6.61 Å². The molecule has 0 aliphatic heterocycles. The molecule has 2 atom stereocenters. The van der Waals surface area contributed by atoms with Gasteiger partial charge >= 0.3 is 0 Å². The van der Waals surface area contributed by atoms with E-state index >= 15 is 0 Å². The van der Waals surface area contributed by atoms with E-state index in [0.717, 1.165) is 18.0 Å². The van der Waals surface area contributed by atoms with Crippen molar-refractivity contribution in [2.45, 2.75) is 13.3 Å². The van der Waals surface area contributed by atoms with Crippen LogP contribution in [-0.4, -0.2) is 22.3 Å². The predicted octanol–water partition coefficient (Wildman–Crippen LogP) is 3.13. The number of allylic oxidation sites excluding steroid dienone is 3. The molecule has 20 heavy (non-hydrogen) atoms. The molecule has 0 N–H and O–H groups in total. The van der Waals surface area contributed by atoms with E-state index in [1.807, 2.05) is 13.0 Å². The van der Waals surface area contributed by atoms with Crippen molar-refractivity contribution in [3.8, 4) is 5.88 Å². The van der Waals surface area contributed by atoms with E-state index in [1.165, 1.54) is 0 Å². The fourth-order valence-electron chi connectivity index (χ4n) is 1.99. The van der Waals surface area contributed by atoms with Gasteiger partial charge < -0.3 is 4.74 Å². The van der Waals surface area contributed by atoms with Crippen LogP contribution in [-0.2, 0) is 0 Å². The highest BCUT2D eigenvalue weighted by Gasteiger charge is 2.40. The fourth-order valence-corrected chi connectivity index (χ4v) is 1.99. The Hall–Kier alpha value is -2.23. The molecule has 4 nitrogen and oxygen atoms in total. The normalized spacial score (nSPS) is 21.8. The zero-order valence-corrected chi connectivity index (χ0v) is 11.7. The Morgan fingerprint density at radius 1 is 1.55 bits per heavy atom. The van der Waals surface area contributed by atoms with E-state index in [4.69, 9.17) is 4.74 Å². The van der Waals surface area contributed by atoms with Crippen molar-refractivity contribution in [1.29, 1.82) is 0 Å². The molecule has 0 radical (unpaired) electrons. The van der Waals surface area contributed by atoms with Gasteiger partial charge in [-0.05, 0) is 25.5 Å². The summed E-state index contributed by atoms with van der Waals surface area (Å²) < 4.78 is 5.69. The fraction of sp³-hybridized carbons (Fsp3) is 0.312. The smallest absolute Gasteiger partial charge is 0.216 e. The molecule has 0 unspecified atom stereocenters. The molecule has 2 rings (SSSR count). The number of hydrogen-bond donors (Lipinski definition) is 0. The Kier molecular flexibility index (Phi) is 4.82. The minimum absolute atomic E-state index is 0.435. The quantitative estimate of drug-likeness (QED) is 0.564. The van der Waals surface area contributed by atoms with Gasteiger partial charge in [0, 0.05) is 36.0 Å². The SMILES string of the molecule is C=C/C=C\N=C(C=C)[C@H]1C[C@@H]1COc1ccnc(C)n1. The molecule has 1 heterocycles. The van der Waals surface area contributed by atoms with Crippen LogP contribution >= 0.6 is 0 Å². The molecule has 4 heteroatoms. The van der Waals surface area contributed by atoms with Gasteiger partial charge in [0.05, 0.1) is 6.61 Å². The van der Waals surface area contributed by atoms with Gasteiger partial charge in [0.2, 0.25) is 5.88 Å². The maximum atomic E-state index is 5.69. The molecule has 1 aliphatic rings. The molecule has 1 aromatic rings. The average molecular weight is 269 g/mol. The molecule has 0 spiro atoms. The molecule has 0 amide bonds. The highest BCUT2D eigenvalue weighted by Crippen LogP contribution is 2.40. The van der Waals surface area contributed by atoms with Crippen molar-refractivity contribution in [3.05, 3.63) is 55.7 Å². The van der Waals surface area contributed by atoms with E-state index < -0.39 is 0 Å². The summed E-state index contributed by atoms with van der Waals surface area (Å²) >= 11 is 0. The van der Waals surface area contributed by atoms with Gasteiger partial charge in [0.1, 0.15) is 5.82 Å². The Bertz CT molecular complexity index is 548. The first-order chi connectivity index (χ1) is 9.74. The minimum Gasteiger partial charge on any atom is -0.477 e. The molecule has 0 bridgehead atoms. The Balaban J connectivity index is 1.85. The van der Waals surface area contributed by atoms with Crippen molar-refractivity contribution >= 4 is 5.71 Å². The second-order valence-electron chi connectivity index (χ2n) is 4.69. The number of ether oxygens (including phenoxy) is 1. The third-order valence-electron chi connectivity index (χ3n) is 3.15. The van der Waals surface area contributed by atoms with Gasteiger partial charge in [0.15, 0.2) is 0 Å². The number of aliphatic imine (C=N–C) groups is 1. The Morgan fingerprint density at radius 3 is 3.10 bits per heavy atom. The van der Waals surface area contributed by atoms with E-state index in [2.05, 4.69) is 28.1 Å². The molecule has 0 aromatic carbocycles. The van der Waals surface area contributed by atoms with Gasteiger partial charge in [-0.3, -0.25) is 4.99 Å². The second kappa shape index (κ2) is 6.80. The van der Waals surface area contributed by atoms with Crippen LogP contribution in [0.25, 0.3) is 0 Å². The number of nitrogens with zero attached hydrogens (tertiary/aromatic N) is 3. The monoisotopic (exact) mass is 269 g/mol. The third-order valence-corrected chi connectivity index (χ3v) is 3.15. The van der Waals surface area contributed by atoms with Crippen LogP contribution in [0.4, 0.5) is 0 Å². The van der Waals surface area contributed by atoms with Crippen molar-refractivity contribution in [1.82, 2.24) is 9.97 Å². The van der Waals surface area contributed by atoms with Crippen LogP contribution in [0.2, 0.25) is 0 Å². The van der Waals surface area contributed by atoms with Gasteiger partial charge in [0.25, 0.3) is 0 Å². The summed E-state index contributed by atoms with van der Waals surface area (Å²) in [6.07, 6.45) is 9.85. The molecule has 0 saturated heterocycles. The Labute approximate surface area is 119 Å². The van der Waals surface area contributed by atoms with Gasteiger partial charge in [-0.15, -0.1) is 0 Å². The van der Waals surface area contributed by atoms with E-state index in [-0.39, 0.29) is 0 Å². The van der Waals surface area contributed by atoms with E-state index in [9.17, 15) is 0 Å². The molecule has 1 saturated carbocycles. The van der Waals surface area contributed by atoms with Crippen LogP contribution < -0.4 is 4.74 Å². The molecule has 1 aromatic heterocycles. The number of aryl methyl sites for hydroxylation is 1. The largest absolute Gasteiger partial charge is 0.477 e. The summed E-state index contributed by atoms with van der Waals surface area (Å²) in [4.78, 5) is 12.6. The molecule has 104 valence electrons. The van der Waals surface area contributed by atoms with Crippen LogP contribution in [0.5, 0.6) is 5.88 Å². The van der Waals surface area contributed by atoms with Crippen LogP contribution in [0.15, 0.2) is 54.8 Å². The lowest BCUT2D eigenvalue weighted by atomic mass is 10.2. The second-order valence-corrected chi connectivity index (χ2v) is 4.69. The highest BCUT2D eigenvalue weighted by molar-refractivity contribution is 5.98. The standard InChI is InChI=1S/C16H19N3O/c1-4-6-8-18-15(5-2)14-10-13(14)11-20-16-7-9-17-12(3)19-16/h4-9,13-14H,1-2,10-11H2,3H3/b8-6-,18-15?/t13-,14+/m1/s1. The predicted molar refractivity (Wildman–Crippen MR) is 80.8 cm³/mol. The zero-order chi connectivity index (χ0) is 14.4. The van der Waals surface area contributed by atoms with E-state index in [1.54, 1.807) is 30.6 Å². The lowest BCUT2D eigenvalue weighted by molar-refractivity contribution is 0.284. The summed E-state index contributed by atoms with van der Waals surface area (Å²) in [6, 6.07) is 1.78. The zero-order valence-electron chi connectivity index (χ0n) is 11.7. The maximum absolute atomic E-state index is 5.69. The summed E-state index contributed by atoms with van der Waals surface area (Å²) in [5.74, 6) is 2.27. The van der Waals surface area contributed by atoms with E-state index in [0.29, 0.717) is 24.3 Å². The molecular formula is C16H19N3O. The van der Waals surface area contributed by atoms with Crippen LogP contribution in [0.1, 0.15) is 12.2 Å². The lowest BCUT2D eigenvalue weighted by Gasteiger charge is -2.05. The lowest BCUT2D eigenvalue weighted by Crippen LogP contribution is -2.06. The first-order valence-electron chi connectivity index (χ1n) is 6.64. The topological polar surface area (TPSA) is 47.4 Å². The first kappa shape index (κ1) is 14.2. The summed E-state index contributed by atoms with van der Waals surface area (Å²) in [5, 5.41) is 0. The number of aromatic nitrogens is 2. The summed E-state index contributed by atoms with van der Waals surface area (Å²) in [7, 11) is 0. The van der Waals surface area contributed by atoms with Crippen molar-refractivity contribution < 1.29 is 4.74 Å². The van der Waals surface area contributed by atoms with Gasteiger partial charge in [-0.2, -0.15) is 4.98 Å². The van der Waals surface area contributed by atoms with Crippen LogP contribution in [0, 0.1) is 18.8 Å². The minimum atomic E-state index is 0.435. The summed E-state index contributed by atoms with van der Waals surface area (Å²) in [5.41, 5.74) is 1.01. The molecule has 1 fully saturated rings. The van der Waals surface area contributed by atoms with Crippen LogP contribution in [0.3, 0.4) is 0 Å². The summed E-state index contributed by atoms with van der Waals surface area (Å²) in [6.45, 7) is 9.93. The molecular weight excluding hydrogens is 250 g/mol. The average Bonchev–Trinajstić information content (AvgIpc) is 3.21. The first-order valence-corrected chi connectivity index (χ1v) is 6.64. The third kappa shape index (κ3) is 3.88. The van der Waals surface area contributed by atoms with Gasteiger partial charge in [-0.25, -0.2) is 4.98 Å². The van der Waals surface area contributed by atoms with Gasteiger partial charge in [-0.1, -0.05) is 19.2 Å². The maximum Gasteiger partial charge on any atom is 0.216 e. The van der Waals surface area contributed by atoms with Crippen molar-refractivity contribution in [3.63, 3.8) is 0 Å². The Morgan fingerprint density at radius 2 is 2.40 bits per heavy atom. The number of rotatable bonds is 7. The molecule has 1 aliphatic carbocycles.